The van der Waals surface area contributed by atoms with Crippen molar-refractivity contribution in [3.05, 3.63) is 0 Å². The number of nitrogens with zero attached hydrogens (tertiary/aromatic N) is 2. The van der Waals surface area contributed by atoms with Gasteiger partial charge in [0.15, 0.2) is 0 Å². The third-order valence-corrected chi connectivity index (χ3v) is 5.74. The minimum absolute atomic E-state index is 0.876. The van der Waals surface area contributed by atoms with Crippen molar-refractivity contribution in [1.82, 2.24) is 15.1 Å². The fourth-order valence-electron chi connectivity index (χ4n) is 4.88. The number of rotatable bonds is 1. The molecule has 0 spiro atoms. The molecular weight excluding hydrogens is 210 g/mol. The van der Waals surface area contributed by atoms with Crippen LogP contribution in [0, 0.1) is 11.8 Å². The van der Waals surface area contributed by atoms with Crippen molar-refractivity contribution in [2.45, 2.75) is 37.8 Å². The van der Waals surface area contributed by atoms with Crippen LogP contribution in [-0.2, 0) is 0 Å². The van der Waals surface area contributed by atoms with Crippen LogP contribution in [-0.4, -0.2) is 61.2 Å². The molecule has 5 atom stereocenters. The highest BCUT2D eigenvalue weighted by atomic mass is 15.3. The van der Waals surface area contributed by atoms with Gasteiger partial charge >= 0.3 is 0 Å². The fraction of sp³-hybridized carbons (Fsp3) is 1.00. The van der Waals surface area contributed by atoms with E-state index in [0.29, 0.717) is 0 Å². The van der Waals surface area contributed by atoms with E-state index in [9.17, 15) is 0 Å². The Morgan fingerprint density at radius 3 is 2.76 bits per heavy atom. The van der Waals surface area contributed by atoms with Gasteiger partial charge in [0.25, 0.3) is 0 Å². The maximum Gasteiger partial charge on any atom is 0.0264 e. The Bertz CT molecular complexity index is 293. The molecule has 0 aromatic carbocycles. The summed E-state index contributed by atoms with van der Waals surface area (Å²) in [6.45, 7) is 8.06. The Morgan fingerprint density at radius 1 is 0.824 bits per heavy atom. The average Bonchev–Trinajstić information content (AvgIpc) is 2.96. The smallest absolute Gasteiger partial charge is 0.0264 e. The van der Waals surface area contributed by atoms with Crippen LogP contribution in [0.2, 0.25) is 0 Å². The number of likely N-dealkylation sites (tertiary alicyclic amines) is 1. The summed E-state index contributed by atoms with van der Waals surface area (Å²) in [5.41, 5.74) is 0. The van der Waals surface area contributed by atoms with Gasteiger partial charge in [-0.3, -0.25) is 4.90 Å². The lowest BCUT2D eigenvalue weighted by atomic mass is 9.85. The molecule has 0 saturated carbocycles. The van der Waals surface area contributed by atoms with E-state index in [1.54, 1.807) is 0 Å². The molecular formula is C14H25N3. The third kappa shape index (κ3) is 1.74. The van der Waals surface area contributed by atoms with Crippen LogP contribution in [0.3, 0.4) is 0 Å². The Kier molecular flexibility index (Phi) is 2.67. The zero-order chi connectivity index (χ0) is 11.2. The first-order chi connectivity index (χ1) is 8.42. The second-order valence-corrected chi connectivity index (χ2v) is 6.57. The first kappa shape index (κ1) is 10.8. The lowest BCUT2D eigenvalue weighted by Gasteiger charge is -2.46. The maximum absolute atomic E-state index is 3.62. The van der Waals surface area contributed by atoms with Crippen LogP contribution in [0.5, 0.6) is 0 Å². The summed E-state index contributed by atoms with van der Waals surface area (Å²) in [6.07, 6.45) is 5.81. The van der Waals surface area contributed by atoms with E-state index in [4.69, 9.17) is 0 Å². The molecule has 4 aliphatic heterocycles. The lowest BCUT2D eigenvalue weighted by molar-refractivity contribution is 0.0282. The summed E-state index contributed by atoms with van der Waals surface area (Å²) in [6, 6.07) is 1.79. The Balaban J connectivity index is 1.53. The lowest BCUT2D eigenvalue weighted by Crippen LogP contribution is -2.55. The van der Waals surface area contributed by atoms with Crippen LogP contribution >= 0.6 is 0 Å². The molecule has 0 aromatic heterocycles. The van der Waals surface area contributed by atoms with E-state index in [-0.39, 0.29) is 0 Å². The summed E-state index contributed by atoms with van der Waals surface area (Å²) in [5.74, 6) is 1.95. The van der Waals surface area contributed by atoms with Crippen LogP contribution in [0.15, 0.2) is 0 Å². The summed E-state index contributed by atoms with van der Waals surface area (Å²) in [5, 5.41) is 3.62. The van der Waals surface area contributed by atoms with Gasteiger partial charge in [-0.25, -0.2) is 0 Å². The SMILES string of the molecule is C1CC2CNCC2N(C2CCN3CCC2C3)C1. The Labute approximate surface area is 105 Å². The summed E-state index contributed by atoms with van der Waals surface area (Å²) in [7, 11) is 0. The standard InChI is InChI=1S/C14H25N3/c1-2-11-8-15-9-14(11)17(5-1)13-4-7-16-6-3-12(13)10-16/h11-15H,1-10H2. The first-order valence-electron chi connectivity index (χ1n) is 7.60. The highest BCUT2D eigenvalue weighted by Crippen LogP contribution is 2.36. The highest BCUT2D eigenvalue weighted by molar-refractivity contribution is 4.99. The topological polar surface area (TPSA) is 18.5 Å². The molecule has 0 amide bonds. The van der Waals surface area contributed by atoms with Gasteiger partial charge < -0.3 is 10.2 Å². The minimum Gasteiger partial charge on any atom is -0.315 e. The zero-order valence-electron chi connectivity index (χ0n) is 10.8. The molecule has 4 saturated heterocycles. The Hall–Kier alpha value is -0.120. The normalized spacial score (nSPS) is 50.5. The molecule has 3 heteroatoms. The average molecular weight is 235 g/mol. The van der Waals surface area contributed by atoms with Crippen LogP contribution in [0.1, 0.15) is 25.7 Å². The molecule has 3 nitrogen and oxygen atoms in total. The van der Waals surface area contributed by atoms with Crippen LogP contribution in [0.4, 0.5) is 0 Å². The van der Waals surface area contributed by atoms with E-state index in [1.165, 1.54) is 65.0 Å². The second kappa shape index (κ2) is 4.22. The summed E-state index contributed by atoms with van der Waals surface area (Å²) >= 11 is 0. The monoisotopic (exact) mass is 235 g/mol. The maximum atomic E-state index is 3.62. The zero-order valence-corrected chi connectivity index (χ0v) is 10.8. The van der Waals surface area contributed by atoms with E-state index in [1.807, 2.05) is 0 Å². The van der Waals surface area contributed by atoms with Gasteiger partial charge in [0.1, 0.15) is 0 Å². The molecule has 0 aliphatic carbocycles. The third-order valence-electron chi connectivity index (χ3n) is 5.74. The molecule has 0 aromatic rings. The van der Waals surface area contributed by atoms with Crippen LogP contribution in [0.25, 0.3) is 0 Å². The van der Waals surface area contributed by atoms with Crippen molar-refractivity contribution >= 4 is 0 Å². The number of fused-ring (bicyclic) bond motifs is 3. The Morgan fingerprint density at radius 2 is 1.76 bits per heavy atom. The molecule has 4 heterocycles. The van der Waals surface area contributed by atoms with Gasteiger partial charge in [-0.2, -0.15) is 0 Å². The van der Waals surface area contributed by atoms with Crippen molar-refractivity contribution in [1.29, 1.82) is 0 Å². The van der Waals surface area contributed by atoms with E-state index in [0.717, 1.165) is 23.9 Å². The van der Waals surface area contributed by atoms with Crippen molar-refractivity contribution in [3.8, 4) is 0 Å². The van der Waals surface area contributed by atoms with E-state index < -0.39 is 0 Å². The highest BCUT2D eigenvalue weighted by Gasteiger charge is 2.43. The van der Waals surface area contributed by atoms with Crippen molar-refractivity contribution in [2.75, 3.05) is 39.3 Å². The van der Waals surface area contributed by atoms with E-state index in [2.05, 4.69) is 15.1 Å². The first-order valence-corrected chi connectivity index (χ1v) is 7.60. The predicted molar refractivity (Wildman–Crippen MR) is 69.0 cm³/mol. The van der Waals surface area contributed by atoms with Crippen molar-refractivity contribution in [3.63, 3.8) is 0 Å². The van der Waals surface area contributed by atoms with Crippen molar-refractivity contribution < 1.29 is 0 Å². The molecule has 96 valence electrons. The van der Waals surface area contributed by atoms with Gasteiger partial charge in [-0.1, -0.05) is 0 Å². The molecule has 4 aliphatic rings. The molecule has 2 bridgehead atoms. The molecule has 4 fully saturated rings. The van der Waals surface area contributed by atoms with Gasteiger partial charge in [0.05, 0.1) is 0 Å². The van der Waals surface area contributed by atoms with Crippen LogP contribution < -0.4 is 5.32 Å². The molecule has 0 radical (unpaired) electrons. The molecule has 4 rings (SSSR count). The van der Waals surface area contributed by atoms with Gasteiger partial charge in [0.2, 0.25) is 0 Å². The summed E-state index contributed by atoms with van der Waals surface area (Å²) < 4.78 is 0. The van der Waals surface area contributed by atoms with Gasteiger partial charge in [-0.05, 0) is 63.7 Å². The quantitative estimate of drug-likeness (QED) is 0.724. The number of hydrogen-bond donors (Lipinski definition) is 1. The minimum atomic E-state index is 0.876. The predicted octanol–water partition coefficient (Wildman–Crippen LogP) is 0.764. The second-order valence-electron chi connectivity index (χ2n) is 6.57. The van der Waals surface area contributed by atoms with Crippen molar-refractivity contribution in [2.24, 2.45) is 11.8 Å². The number of nitrogens with one attached hydrogen (secondary N) is 1. The summed E-state index contributed by atoms with van der Waals surface area (Å²) in [4.78, 5) is 5.59. The fourth-order valence-corrected chi connectivity index (χ4v) is 4.88. The molecule has 5 unspecified atom stereocenters. The number of hydrogen-bond acceptors (Lipinski definition) is 3. The molecule has 17 heavy (non-hydrogen) atoms. The molecule has 1 N–H and O–H groups in total. The largest absolute Gasteiger partial charge is 0.315 e. The van der Waals surface area contributed by atoms with E-state index >= 15 is 0 Å². The van der Waals surface area contributed by atoms with Gasteiger partial charge in [-0.15, -0.1) is 0 Å². The van der Waals surface area contributed by atoms with Gasteiger partial charge in [0, 0.05) is 25.2 Å². The number of piperidine rings is 2.